The minimum absolute atomic E-state index is 0.0212. The highest BCUT2D eigenvalue weighted by Gasteiger charge is 2.24. The molecular weight excluding hydrogens is 298 g/mol. The molecule has 0 aliphatic heterocycles. The Kier molecular flexibility index (Phi) is 3.73. The van der Waals surface area contributed by atoms with Crippen LogP contribution in [0.15, 0.2) is 18.2 Å². The molecule has 0 fully saturated rings. The van der Waals surface area contributed by atoms with Crippen molar-refractivity contribution in [2.24, 2.45) is 0 Å². The lowest BCUT2D eigenvalue weighted by Crippen LogP contribution is -2.03. The molecule has 0 amide bonds. The Morgan fingerprint density at radius 2 is 1.67 bits per heavy atom. The molecule has 1 nitrogen and oxygen atoms in total. The van der Waals surface area contributed by atoms with E-state index in [0.29, 0.717) is 6.07 Å². The summed E-state index contributed by atoms with van der Waals surface area (Å²) in [5, 5.41) is -0.830. The van der Waals surface area contributed by atoms with Gasteiger partial charge in [-0.05, 0) is 17.5 Å². The van der Waals surface area contributed by atoms with Crippen molar-refractivity contribution in [2.45, 2.75) is 6.18 Å². The van der Waals surface area contributed by atoms with Crippen LogP contribution in [0.5, 0.6) is 5.75 Å². The van der Waals surface area contributed by atoms with Crippen LogP contribution in [-0.2, 0) is 0 Å². The molecule has 0 aliphatic carbocycles. The van der Waals surface area contributed by atoms with Crippen molar-refractivity contribution in [3.8, 4) is 17.6 Å². The molecule has 0 aromatic heterocycles. The van der Waals surface area contributed by atoms with E-state index in [1.807, 2.05) is 0 Å². The fraction of sp³-hybridized carbons (Fsp3) is 0.143. The Morgan fingerprint density at radius 1 is 1.00 bits per heavy atom. The molecule has 21 heavy (non-hydrogen) atoms. The van der Waals surface area contributed by atoms with Crippen molar-refractivity contribution in [1.82, 2.24) is 0 Å². The highest BCUT2D eigenvalue weighted by molar-refractivity contribution is 5.86. The zero-order valence-corrected chi connectivity index (χ0v) is 10.4. The minimum atomic E-state index is -4.91. The molecule has 0 saturated heterocycles. The molecule has 0 spiro atoms. The van der Waals surface area contributed by atoms with Crippen molar-refractivity contribution in [3.05, 3.63) is 41.2 Å². The van der Waals surface area contributed by atoms with Gasteiger partial charge in [-0.2, -0.15) is 13.2 Å². The molecule has 0 N–H and O–H groups in total. The molecule has 0 atom stereocenters. The van der Waals surface area contributed by atoms with E-state index in [4.69, 9.17) is 4.74 Å². The molecule has 0 aliphatic rings. The predicted octanol–water partition coefficient (Wildman–Crippen LogP) is 4.18. The van der Waals surface area contributed by atoms with Crippen LogP contribution in [0.1, 0.15) is 5.56 Å². The maximum Gasteiger partial charge on any atom is 0.458 e. The van der Waals surface area contributed by atoms with Gasteiger partial charge in [-0.15, -0.1) is 0 Å². The maximum atomic E-state index is 14.0. The second-order valence-corrected chi connectivity index (χ2v) is 4.00. The van der Waals surface area contributed by atoms with Crippen LogP contribution in [0.25, 0.3) is 10.8 Å². The van der Waals surface area contributed by atoms with Crippen LogP contribution in [0.2, 0.25) is 0 Å². The lowest BCUT2D eigenvalue weighted by Gasteiger charge is -2.07. The van der Waals surface area contributed by atoms with Crippen molar-refractivity contribution in [3.63, 3.8) is 0 Å². The molecule has 0 saturated carbocycles. The molecule has 2 aromatic rings. The van der Waals surface area contributed by atoms with Crippen molar-refractivity contribution >= 4 is 10.8 Å². The molecule has 0 bridgehead atoms. The minimum Gasteiger partial charge on any atom is -0.497 e. The van der Waals surface area contributed by atoms with Crippen LogP contribution in [0.4, 0.5) is 26.3 Å². The van der Waals surface area contributed by atoms with Gasteiger partial charge in [0.2, 0.25) is 0 Å². The lowest BCUT2D eigenvalue weighted by molar-refractivity contribution is -0.0696. The number of fused-ring (bicyclic) bond motifs is 1. The number of benzene rings is 2. The maximum absolute atomic E-state index is 14.0. The zero-order chi connectivity index (χ0) is 15.8. The average Bonchev–Trinajstić information content (AvgIpc) is 2.35. The highest BCUT2D eigenvalue weighted by Crippen LogP contribution is 2.30. The van der Waals surface area contributed by atoms with Gasteiger partial charge in [-0.3, -0.25) is 0 Å². The number of rotatable bonds is 1. The molecule has 2 aromatic carbocycles. The fourth-order valence-electron chi connectivity index (χ4n) is 1.75. The van der Waals surface area contributed by atoms with Gasteiger partial charge in [0.25, 0.3) is 0 Å². The van der Waals surface area contributed by atoms with Crippen LogP contribution in [0, 0.1) is 29.3 Å². The number of alkyl halides is 3. The van der Waals surface area contributed by atoms with E-state index in [2.05, 4.69) is 0 Å². The summed E-state index contributed by atoms with van der Waals surface area (Å²) in [6.45, 7) is 0. The Balaban J connectivity index is 2.75. The first-order valence-electron chi connectivity index (χ1n) is 5.48. The smallest absolute Gasteiger partial charge is 0.458 e. The standard InChI is InChI=1S/C14H6F6O/c1-21-8-4-7-5-10(15)9(2-3-14(18,19)20)13(17)12(7)11(16)6-8/h4-6H,1H3. The summed E-state index contributed by atoms with van der Waals surface area (Å²) < 4.78 is 82.1. The Labute approximate surface area is 115 Å². The van der Waals surface area contributed by atoms with Gasteiger partial charge < -0.3 is 4.74 Å². The summed E-state index contributed by atoms with van der Waals surface area (Å²) >= 11 is 0. The van der Waals surface area contributed by atoms with Crippen molar-refractivity contribution < 1.29 is 31.1 Å². The van der Waals surface area contributed by atoms with E-state index in [9.17, 15) is 26.3 Å². The summed E-state index contributed by atoms with van der Waals surface area (Å²) in [4.78, 5) is 0. The molecule has 0 unspecified atom stereocenters. The van der Waals surface area contributed by atoms with Crippen LogP contribution >= 0.6 is 0 Å². The summed E-state index contributed by atoms with van der Waals surface area (Å²) in [6.07, 6.45) is -4.91. The highest BCUT2D eigenvalue weighted by atomic mass is 19.4. The third-order valence-corrected chi connectivity index (χ3v) is 2.62. The Morgan fingerprint density at radius 3 is 2.24 bits per heavy atom. The number of hydrogen-bond donors (Lipinski definition) is 0. The molecular formula is C14H6F6O. The first kappa shape index (κ1) is 15.0. The van der Waals surface area contributed by atoms with Crippen LogP contribution in [-0.4, -0.2) is 13.3 Å². The predicted molar refractivity (Wildman–Crippen MR) is 63.3 cm³/mol. The molecule has 7 heteroatoms. The van der Waals surface area contributed by atoms with Gasteiger partial charge >= 0.3 is 6.18 Å². The van der Waals surface area contributed by atoms with E-state index in [-0.39, 0.29) is 11.1 Å². The summed E-state index contributed by atoms with van der Waals surface area (Å²) in [5.74, 6) is -1.77. The third kappa shape index (κ3) is 3.05. The van der Waals surface area contributed by atoms with Gasteiger partial charge in [0, 0.05) is 12.0 Å². The van der Waals surface area contributed by atoms with Crippen LogP contribution < -0.4 is 4.74 Å². The van der Waals surface area contributed by atoms with Gasteiger partial charge in [-0.1, -0.05) is 5.92 Å². The second-order valence-electron chi connectivity index (χ2n) is 4.00. The zero-order valence-electron chi connectivity index (χ0n) is 10.4. The molecule has 0 radical (unpaired) electrons. The van der Waals surface area contributed by atoms with E-state index in [1.54, 1.807) is 0 Å². The normalized spacial score (nSPS) is 11.2. The van der Waals surface area contributed by atoms with Gasteiger partial charge in [0.05, 0.1) is 18.1 Å². The van der Waals surface area contributed by atoms with E-state index >= 15 is 0 Å². The molecule has 110 valence electrons. The first-order chi connectivity index (χ1) is 9.73. The number of hydrogen-bond acceptors (Lipinski definition) is 1. The topological polar surface area (TPSA) is 9.23 Å². The first-order valence-corrected chi connectivity index (χ1v) is 5.48. The Bertz CT molecular complexity index is 767. The van der Waals surface area contributed by atoms with Gasteiger partial charge in [-0.25, -0.2) is 13.2 Å². The monoisotopic (exact) mass is 304 g/mol. The van der Waals surface area contributed by atoms with E-state index in [0.717, 1.165) is 18.1 Å². The van der Waals surface area contributed by atoms with E-state index in [1.165, 1.54) is 13.0 Å². The fourth-order valence-corrected chi connectivity index (χ4v) is 1.75. The van der Waals surface area contributed by atoms with Crippen molar-refractivity contribution in [1.29, 1.82) is 0 Å². The average molecular weight is 304 g/mol. The third-order valence-electron chi connectivity index (χ3n) is 2.62. The SMILES string of the molecule is COc1cc(F)c2c(F)c(C#CC(F)(F)F)c(F)cc2c1. The lowest BCUT2D eigenvalue weighted by atomic mass is 10.0. The van der Waals surface area contributed by atoms with Crippen LogP contribution in [0.3, 0.4) is 0 Å². The van der Waals surface area contributed by atoms with Gasteiger partial charge in [0.1, 0.15) is 17.4 Å². The second kappa shape index (κ2) is 5.20. The molecule has 2 rings (SSSR count). The molecule has 0 heterocycles. The Hall–Kier alpha value is -2.36. The number of halogens is 6. The van der Waals surface area contributed by atoms with Crippen molar-refractivity contribution in [2.75, 3.05) is 7.11 Å². The quantitative estimate of drug-likeness (QED) is 0.567. The van der Waals surface area contributed by atoms with Gasteiger partial charge in [0.15, 0.2) is 5.82 Å². The summed E-state index contributed by atoms with van der Waals surface area (Å²) in [6, 6.07) is 2.69. The number of methoxy groups -OCH3 is 1. The summed E-state index contributed by atoms with van der Waals surface area (Å²) in [7, 11) is 1.23. The largest absolute Gasteiger partial charge is 0.497 e. The summed E-state index contributed by atoms with van der Waals surface area (Å²) in [5.41, 5.74) is -1.14. The van der Waals surface area contributed by atoms with E-state index < -0.39 is 34.6 Å². The number of ether oxygens (including phenoxy) is 1.